The molecule has 0 aliphatic carbocycles. The molecule has 126 valence electrons. The molecular formula is C17H19ClN4O2. The standard InChI is InChI=1S/C17H19ClN4O2/c18-13-6-4-12(5-7-13)15(23)11-21-16(24)14-3-1-10-22(14)17-19-8-2-9-20-17/h2,4-9,14-15,23H,1,3,10-11H2,(H,21,24)/t14-,15-/m0/s1. The lowest BCUT2D eigenvalue weighted by atomic mass is 10.1. The van der Waals surface area contributed by atoms with Gasteiger partial charge in [-0.1, -0.05) is 23.7 Å². The Morgan fingerprint density at radius 1 is 1.33 bits per heavy atom. The van der Waals surface area contributed by atoms with E-state index in [0.717, 1.165) is 24.9 Å². The second-order valence-electron chi connectivity index (χ2n) is 5.71. The van der Waals surface area contributed by atoms with Crippen molar-refractivity contribution in [1.82, 2.24) is 15.3 Å². The Labute approximate surface area is 145 Å². The summed E-state index contributed by atoms with van der Waals surface area (Å²) in [6.45, 7) is 0.905. The maximum atomic E-state index is 12.5. The highest BCUT2D eigenvalue weighted by molar-refractivity contribution is 6.30. The van der Waals surface area contributed by atoms with Crippen LogP contribution in [0, 0.1) is 0 Å². The molecule has 0 spiro atoms. The molecule has 2 N–H and O–H groups in total. The predicted octanol–water partition coefficient (Wildman–Crippen LogP) is 1.95. The fraction of sp³-hybridized carbons (Fsp3) is 0.353. The van der Waals surface area contributed by atoms with Crippen LogP contribution in [0.5, 0.6) is 0 Å². The number of aliphatic hydroxyl groups excluding tert-OH is 1. The predicted molar refractivity (Wildman–Crippen MR) is 91.8 cm³/mol. The van der Waals surface area contributed by atoms with Crippen molar-refractivity contribution in [3.8, 4) is 0 Å². The minimum Gasteiger partial charge on any atom is -0.387 e. The van der Waals surface area contributed by atoms with Crippen molar-refractivity contribution in [2.75, 3.05) is 18.0 Å². The van der Waals surface area contributed by atoms with E-state index < -0.39 is 6.10 Å². The third kappa shape index (κ3) is 3.83. The first kappa shape index (κ1) is 16.7. The summed E-state index contributed by atoms with van der Waals surface area (Å²) < 4.78 is 0. The molecule has 0 bridgehead atoms. The zero-order valence-corrected chi connectivity index (χ0v) is 13.9. The number of aromatic nitrogens is 2. The molecule has 1 aromatic heterocycles. The number of carbonyl (C=O) groups is 1. The molecule has 1 aromatic carbocycles. The van der Waals surface area contributed by atoms with E-state index in [1.807, 2.05) is 4.90 Å². The minimum absolute atomic E-state index is 0.118. The molecule has 0 saturated carbocycles. The quantitative estimate of drug-likeness (QED) is 0.865. The number of rotatable bonds is 5. The van der Waals surface area contributed by atoms with Gasteiger partial charge in [-0.2, -0.15) is 0 Å². The summed E-state index contributed by atoms with van der Waals surface area (Å²) in [7, 11) is 0. The zero-order valence-electron chi connectivity index (χ0n) is 13.1. The van der Waals surface area contributed by atoms with Crippen molar-refractivity contribution in [3.63, 3.8) is 0 Å². The fourth-order valence-corrected chi connectivity index (χ4v) is 2.96. The van der Waals surface area contributed by atoms with Crippen molar-refractivity contribution >= 4 is 23.5 Å². The van der Waals surface area contributed by atoms with Crippen molar-refractivity contribution in [3.05, 3.63) is 53.3 Å². The highest BCUT2D eigenvalue weighted by atomic mass is 35.5. The van der Waals surface area contributed by atoms with Crippen molar-refractivity contribution in [2.45, 2.75) is 25.0 Å². The van der Waals surface area contributed by atoms with Crippen LogP contribution in [0.4, 0.5) is 5.95 Å². The molecule has 2 atom stereocenters. The number of hydrogen-bond acceptors (Lipinski definition) is 5. The Morgan fingerprint density at radius 3 is 2.75 bits per heavy atom. The molecule has 1 amide bonds. The SMILES string of the molecule is O=C(NC[C@H](O)c1ccc(Cl)cc1)[C@@H]1CCCN1c1ncccn1. The molecule has 1 saturated heterocycles. The van der Waals surface area contributed by atoms with E-state index in [4.69, 9.17) is 11.6 Å². The van der Waals surface area contributed by atoms with Gasteiger partial charge in [0.1, 0.15) is 6.04 Å². The molecule has 24 heavy (non-hydrogen) atoms. The van der Waals surface area contributed by atoms with Crippen LogP contribution in [0.15, 0.2) is 42.7 Å². The lowest BCUT2D eigenvalue weighted by Gasteiger charge is -2.24. The highest BCUT2D eigenvalue weighted by Crippen LogP contribution is 2.22. The minimum atomic E-state index is -0.769. The summed E-state index contributed by atoms with van der Waals surface area (Å²) >= 11 is 5.84. The molecule has 6 nitrogen and oxygen atoms in total. The molecule has 2 aromatic rings. The number of anilines is 1. The van der Waals surface area contributed by atoms with Crippen LogP contribution in [0.3, 0.4) is 0 Å². The number of hydrogen-bond donors (Lipinski definition) is 2. The maximum absolute atomic E-state index is 12.5. The van der Waals surface area contributed by atoms with Gasteiger partial charge in [-0.05, 0) is 36.6 Å². The number of halogens is 1. The second kappa shape index (κ2) is 7.59. The van der Waals surface area contributed by atoms with Crippen LogP contribution < -0.4 is 10.2 Å². The highest BCUT2D eigenvalue weighted by Gasteiger charge is 2.32. The number of nitrogens with one attached hydrogen (secondary N) is 1. The normalized spacial score (nSPS) is 18.4. The van der Waals surface area contributed by atoms with Crippen LogP contribution >= 0.6 is 11.6 Å². The lowest BCUT2D eigenvalue weighted by molar-refractivity contribution is -0.122. The number of nitrogens with zero attached hydrogens (tertiary/aromatic N) is 3. The maximum Gasteiger partial charge on any atom is 0.242 e. The van der Waals surface area contributed by atoms with Gasteiger partial charge in [-0.25, -0.2) is 9.97 Å². The summed E-state index contributed by atoms with van der Waals surface area (Å²) in [4.78, 5) is 22.8. The van der Waals surface area contributed by atoms with Gasteiger partial charge in [0, 0.05) is 30.5 Å². The Kier molecular flexibility index (Phi) is 5.27. The average Bonchev–Trinajstić information content (AvgIpc) is 3.10. The summed E-state index contributed by atoms with van der Waals surface area (Å²) in [5.41, 5.74) is 0.717. The van der Waals surface area contributed by atoms with Gasteiger partial charge < -0.3 is 15.3 Å². The molecule has 1 aliphatic rings. The topological polar surface area (TPSA) is 78.4 Å². The van der Waals surface area contributed by atoms with E-state index >= 15 is 0 Å². The number of amides is 1. The van der Waals surface area contributed by atoms with Crippen LogP contribution in [0.1, 0.15) is 24.5 Å². The zero-order chi connectivity index (χ0) is 16.9. The Hall–Kier alpha value is -2.18. The molecule has 7 heteroatoms. The molecule has 2 heterocycles. The third-order valence-electron chi connectivity index (χ3n) is 4.09. The van der Waals surface area contributed by atoms with Crippen LogP contribution in [0.25, 0.3) is 0 Å². The summed E-state index contributed by atoms with van der Waals surface area (Å²) in [6.07, 6.45) is 4.23. The van der Waals surface area contributed by atoms with E-state index in [2.05, 4.69) is 15.3 Å². The van der Waals surface area contributed by atoms with Crippen LogP contribution in [-0.4, -0.2) is 40.1 Å². The van der Waals surface area contributed by atoms with Gasteiger partial charge in [0.15, 0.2) is 0 Å². The molecule has 1 fully saturated rings. The van der Waals surface area contributed by atoms with Crippen molar-refractivity contribution in [1.29, 1.82) is 0 Å². The largest absolute Gasteiger partial charge is 0.387 e. The van der Waals surface area contributed by atoms with Gasteiger partial charge in [0.25, 0.3) is 0 Å². The van der Waals surface area contributed by atoms with Gasteiger partial charge in [-0.15, -0.1) is 0 Å². The number of aliphatic hydroxyl groups is 1. The number of carbonyl (C=O) groups excluding carboxylic acids is 1. The smallest absolute Gasteiger partial charge is 0.242 e. The van der Waals surface area contributed by atoms with E-state index in [1.54, 1.807) is 42.7 Å². The summed E-state index contributed by atoms with van der Waals surface area (Å²) in [6, 6.07) is 8.38. The lowest BCUT2D eigenvalue weighted by Crippen LogP contribution is -2.45. The van der Waals surface area contributed by atoms with Crippen molar-refractivity contribution in [2.24, 2.45) is 0 Å². The van der Waals surface area contributed by atoms with E-state index in [9.17, 15) is 9.90 Å². The molecule has 1 aliphatic heterocycles. The summed E-state index contributed by atoms with van der Waals surface area (Å²) in [5.74, 6) is 0.446. The average molecular weight is 347 g/mol. The first-order valence-corrected chi connectivity index (χ1v) is 8.28. The van der Waals surface area contributed by atoms with Gasteiger partial charge >= 0.3 is 0 Å². The first-order valence-electron chi connectivity index (χ1n) is 7.90. The van der Waals surface area contributed by atoms with Crippen LogP contribution in [-0.2, 0) is 4.79 Å². The van der Waals surface area contributed by atoms with E-state index in [1.165, 1.54) is 0 Å². The van der Waals surface area contributed by atoms with Crippen LogP contribution in [0.2, 0.25) is 5.02 Å². The molecule has 0 radical (unpaired) electrons. The molecule has 3 rings (SSSR count). The van der Waals surface area contributed by atoms with E-state index in [-0.39, 0.29) is 18.5 Å². The fourth-order valence-electron chi connectivity index (χ4n) is 2.84. The summed E-state index contributed by atoms with van der Waals surface area (Å²) in [5, 5.41) is 13.6. The Bertz CT molecular complexity index is 681. The number of benzene rings is 1. The third-order valence-corrected chi connectivity index (χ3v) is 4.34. The second-order valence-corrected chi connectivity index (χ2v) is 6.15. The monoisotopic (exact) mass is 346 g/mol. The van der Waals surface area contributed by atoms with Crippen molar-refractivity contribution < 1.29 is 9.90 Å². The Morgan fingerprint density at radius 2 is 2.04 bits per heavy atom. The van der Waals surface area contributed by atoms with E-state index in [0.29, 0.717) is 11.0 Å². The Balaban J connectivity index is 1.59. The van der Waals surface area contributed by atoms with Gasteiger partial charge in [0.2, 0.25) is 11.9 Å². The van der Waals surface area contributed by atoms with Gasteiger partial charge in [-0.3, -0.25) is 4.79 Å². The molecular weight excluding hydrogens is 328 g/mol. The van der Waals surface area contributed by atoms with Gasteiger partial charge in [0.05, 0.1) is 6.10 Å². The first-order chi connectivity index (χ1) is 11.6. The molecule has 0 unspecified atom stereocenters.